The van der Waals surface area contributed by atoms with Crippen molar-refractivity contribution in [3.8, 4) is 11.8 Å². The number of hydrogen-bond donors (Lipinski definition) is 0. The molecule has 0 bridgehead atoms. The number of nitriles is 1. The van der Waals surface area contributed by atoms with Crippen LogP contribution in [-0.2, 0) is 9.53 Å². The molecule has 0 aliphatic rings. The maximum absolute atomic E-state index is 11.8. The number of aryl methyl sites for hydroxylation is 1. The van der Waals surface area contributed by atoms with E-state index in [-0.39, 0.29) is 12.2 Å². The third-order valence-electron chi connectivity index (χ3n) is 3.45. The van der Waals surface area contributed by atoms with Gasteiger partial charge in [0.15, 0.2) is 0 Å². The summed E-state index contributed by atoms with van der Waals surface area (Å²) in [5.41, 5.74) is 3.62. The van der Waals surface area contributed by atoms with Gasteiger partial charge in [0.25, 0.3) is 0 Å². The summed E-state index contributed by atoms with van der Waals surface area (Å²) in [5, 5.41) is 9.81. The molecule has 0 radical (unpaired) electrons. The number of hydrogen-bond acceptors (Lipinski definition) is 3. The minimum atomic E-state index is -0.609. The molecule has 0 aliphatic carbocycles. The molecule has 1 aromatic heterocycles. The van der Waals surface area contributed by atoms with Crippen molar-refractivity contribution in [2.75, 3.05) is 6.61 Å². The molecule has 2 aromatic rings. The van der Waals surface area contributed by atoms with Gasteiger partial charge in [-0.1, -0.05) is 17.7 Å². The van der Waals surface area contributed by atoms with Crippen LogP contribution in [0.15, 0.2) is 35.9 Å². The Balaban J connectivity index is 2.50. The lowest BCUT2D eigenvalue weighted by Crippen LogP contribution is -2.06. The van der Waals surface area contributed by atoms with Crippen LogP contribution in [0.1, 0.15) is 23.9 Å². The molecule has 0 aliphatic heterocycles. The predicted molar refractivity (Wildman–Crippen MR) is 90.5 cm³/mol. The minimum Gasteiger partial charge on any atom is -0.462 e. The number of ether oxygens (including phenoxy) is 1. The van der Waals surface area contributed by atoms with Crippen molar-refractivity contribution in [3.05, 3.63) is 57.9 Å². The van der Waals surface area contributed by atoms with E-state index in [1.54, 1.807) is 13.0 Å². The van der Waals surface area contributed by atoms with Crippen LogP contribution in [-0.4, -0.2) is 17.1 Å². The van der Waals surface area contributed by atoms with Gasteiger partial charge in [-0.3, -0.25) is 0 Å². The van der Waals surface area contributed by atoms with Crippen molar-refractivity contribution in [1.82, 2.24) is 4.57 Å². The zero-order valence-electron chi connectivity index (χ0n) is 13.3. The molecule has 1 aromatic carbocycles. The molecule has 0 unspecified atom stereocenters. The summed E-state index contributed by atoms with van der Waals surface area (Å²) in [6.45, 7) is 5.83. The Morgan fingerprint density at radius 3 is 2.74 bits per heavy atom. The first-order chi connectivity index (χ1) is 11.0. The van der Waals surface area contributed by atoms with Crippen LogP contribution in [0.2, 0.25) is 5.02 Å². The summed E-state index contributed by atoms with van der Waals surface area (Å²) < 4.78 is 6.92. The number of aromatic nitrogens is 1. The van der Waals surface area contributed by atoms with Gasteiger partial charge in [-0.2, -0.15) is 5.26 Å². The first kappa shape index (κ1) is 16.9. The van der Waals surface area contributed by atoms with E-state index in [9.17, 15) is 4.79 Å². The van der Waals surface area contributed by atoms with E-state index >= 15 is 0 Å². The van der Waals surface area contributed by atoms with Gasteiger partial charge in [0.2, 0.25) is 0 Å². The van der Waals surface area contributed by atoms with Crippen molar-refractivity contribution in [3.63, 3.8) is 0 Å². The van der Waals surface area contributed by atoms with E-state index < -0.39 is 5.97 Å². The van der Waals surface area contributed by atoms with Crippen molar-refractivity contribution < 1.29 is 9.53 Å². The van der Waals surface area contributed by atoms with E-state index in [2.05, 4.69) is 0 Å². The Kier molecular flexibility index (Phi) is 5.25. The molecule has 2 rings (SSSR count). The van der Waals surface area contributed by atoms with Gasteiger partial charge in [0, 0.05) is 22.1 Å². The molecule has 0 saturated carbocycles. The quantitative estimate of drug-likeness (QED) is 0.479. The van der Waals surface area contributed by atoms with Crippen LogP contribution in [0.3, 0.4) is 0 Å². The Morgan fingerprint density at radius 1 is 1.39 bits per heavy atom. The zero-order valence-corrected chi connectivity index (χ0v) is 14.0. The topological polar surface area (TPSA) is 55.0 Å². The third-order valence-corrected chi connectivity index (χ3v) is 3.69. The predicted octanol–water partition coefficient (Wildman–Crippen LogP) is 4.22. The van der Waals surface area contributed by atoms with Crippen LogP contribution in [0, 0.1) is 25.2 Å². The molecule has 0 fully saturated rings. The van der Waals surface area contributed by atoms with Gasteiger partial charge in [-0.15, -0.1) is 0 Å². The fourth-order valence-corrected chi connectivity index (χ4v) is 2.63. The van der Waals surface area contributed by atoms with Crippen LogP contribution in [0.4, 0.5) is 0 Å². The molecule has 0 spiro atoms. The third kappa shape index (κ3) is 3.64. The average molecular weight is 329 g/mol. The standard InChI is InChI=1S/C18H17ClN2O2/c1-4-23-18(22)15(11-20)9-14-8-12(2)21(13(14)3)17-7-5-6-16(19)10-17/h5-10H,4H2,1-3H3/b15-9+. The summed E-state index contributed by atoms with van der Waals surface area (Å²) in [6.07, 6.45) is 1.56. The van der Waals surface area contributed by atoms with Crippen molar-refractivity contribution in [1.29, 1.82) is 5.26 Å². The van der Waals surface area contributed by atoms with Crippen LogP contribution < -0.4 is 0 Å². The molecule has 0 N–H and O–H groups in total. The fourth-order valence-electron chi connectivity index (χ4n) is 2.45. The van der Waals surface area contributed by atoms with Crippen LogP contribution >= 0.6 is 11.6 Å². The van der Waals surface area contributed by atoms with Crippen LogP contribution in [0.25, 0.3) is 11.8 Å². The van der Waals surface area contributed by atoms with Crippen molar-refractivity contribution >= 4 is 23.6 Å². The Labute approximate surface area is 140 Å². The van der Waals surface area contributed by atoms with Gasteiger partial charge in [0.1, 0.15) is 11.6 Å². The lowest BCUT2D eigenvalue weighted by molar-refractivity contribution is -0.137. The van der Waals surface area contributed by atoms with E-state index in [4.69, 9.17) is 21.6 Å². The summed E-state index contributed by atoms with van der Waals surface area (Å²) in [7, 11) is 0. The second-order valence-corrected chi connectivity index (χ2v) is 5.47. The normalized spacial score (nSPS) is 11.2. The highest BCUT2D eigenvalue weighted by atomic mass is 35.5. The highest BCUT2D eigenvalue weighted by molar-refractivity contribution is 6.30. The Morgan fingerprint density at radius 2 is 2.13 bits per heavy atom. The SMILES string of the molecule is CCOC(=O)/C(C#N)=C/c1cc(C)n(-c2cccc(Cl)c2)c1C. The Bertz CT molecular complexity index is 813. The van der Waals surface area contributed by atoms with Crippen LogP contribution in [0.5, 0.6) is 0 Å². The molecule has 5 heteroatoms. The number of nitrogens with zero attached hydrogens (tertiary/aromatic N) is 2. The first-order valence-corrected chi connectivity index (χ1v) is 7.59. The largest absolute Gasteiger partial charge is 0.462 e. The first-order valence-electron chi connectivity index (χ1n) is 7.21. The van der Waals surface area contributed by atoms with E-state index in [1.165, 1.54) is 0 Å². The number of halogens is 1. The average Bonchev–Trinajstić information content (AvgIpc) is 2.79. The molecular weight excluding hydrogens is 312 g/mol. The van der Waals surface area contributed by atoms with Crippen molar-refractivity contribution in [2.45, 2.75) is 20.8 Å². The Hall–Kier alpha value is -2.51. The van der Waals surface area contributed by atoms with Gasteiger partial charge in [-0.25, -0.2) is 4.79 Å². The van der Waals surface area contributed by atoms with E-state index in [1.807, 2.05) is 54.8 Å². The number of carbonyl (C=O) groups excluding carboxylic acids is 1. The lowest BCUT2D eigenvalue weighted by Gasteiger charge is -2.10. The molecule has 4 nitrogen and oxygen atoms in total. The maximum Gasteiger partial charge on any atom is 0.348 e. The number of benzene rings is 1. The number of esters is 1. The summed E-state index contributed by atoms with van der Waals surface area (Å²) in [6, 6.07) is 11.3. The molecule has 1 heterocycles. The number of carbonyl (C=O) groups is 1. The molecule has 118 valence electrons. The molecule has 23 heavy (non-hydrogen) atoms. The highest BCUT2D eigenvalue weighted by Crippen LogP contribution is 2.24. The molecular formula is C18H17ClN2O2. The second-order valence-electron chi connectivity index (χ2n) is 5.03. The summed E-state index contributed by atoms with van der Waals surface area (Å²) in [4.78, 5) is 11.8. The van der Waals surface area contributed by atoms with E-state index in [0.717, 1.165) is 22.6 Å². The van der Waals surface area contributed by atoms with E-state index in [0.29, 0.717) is 5.02 Å². The smallest absolute Gasteiger partial charge is 0.348 e. The van der Waals surface area contributed by atoms with Gasteiger partial charge >= 0.3 is 5.97 Å². The molecule has 0 atom stereocenters. The van der Waals surface area contributed by atoms with Crippen molar-refractivity contribution in [2.24, 2.45) is 0 Å². The summed E-state index contributed by atoms with van der Waals surface area (Å²) >= 11 is 6.06. The second kappa shape index (κ2) is 7.17. The minimum absolute atomic E-state index is 0.0156. The summed E-state index contributed by atoms with van der Waals surface area (Å²) in [5.74, 6) is -0.609. The molecule has 0 amide bonds. The zero-order chi connectivity index (χ0) is 17.0. The maximum atomic E-state index is 11.8. The highest BCUT2D eigenvalue weighted by Gasteiger charge is 2.14. The number of rotatable bonds is 4. The fraction of sp³-hybridized carbons (Fsp3) is 0.222. The monoisotopic (exact) mass is 328 g/mol. The van der Waals surface area contributed by atoms with Gasteiger partial charge in [0.05, 0.1) is 6.61 Å². The molecule has 0 saturated heterocycles. The van der Waals surface area contributed by atoms with Gasteiger partial charge < -0.3 is 9.30 Å². The van der Waals surface area contributed by atoms with Gasteiger partial charge in [-0.05, 0) is 56.7 Å². The lowest BCUT2D eigenvalue weighted by atomic mass is 10.1.